The first kappa shape index (κ1) is 9.09. The van der Waals surface area contributed by atoms with Gasteiger partial charge in [0.05, 0.1) is 0 Å². The lowest BCUT2D eigenvalue weighted by molar-refractivity contribution is -0.455. The molecule has 14 heavy (non-hydrogen) atoms. The van der Waals surface area contributed by atoms with Gasteiger partial charge in [-0.2, -0.15) is 10.1 Å². The molecular formula is C10H18N2O2. The molecule has 0 saturated carbocycles. The van der Waals surface area contributed by atoms with Crippen LogP contribution in [0.4, 0.5) is 0 Å². The zero-order chi connectivity index (χ0) is 9.38. The molecule has 0 aromatic heterocycles. The normalized spacial score (nSPS) is 40.3. The van der Waals surface area contributed by atoms with Gasteiger partial charge in [-0.25, -0.2) is 0 Å². The van der Waals surface area contributed by atoms with Crippen LogP contribution in [0.25, 0.3) is 0 Å². The average molecular weight is 198 g/mol. The Morgan fingerprint density at radius 3 is 1.71 bits per heavy atom. The molecule has 0 aromatic carbocycles. The van der Waals surface area contributed by atoms with Gasteiger partial charge in [-0.3, -0.25) is 9.68 Å². The Kier molecular flexibility index (Phi) is 2.45. The average Bonchev–Trinajstić information content (AvgIpc) is 2.26. The minimum absolute atomic E-state index is 0.193. The van der Waals surface area contributed by atoms with Gasteiger partial charge in [-0.1, -0.05) is 0 Å². The summed E-state index contributed by atoms with van der Waals surface area (Å²) in [6.07, 6.45) is 7.63. The Balaban J connectivity index is 1.68. The van der Waals surface area contributed by atoms with Gasteiger partial charge in [-0.15, -0.1) is 0 Å². The lowest BCUT2D eigenvalue weighted by Gasteiger charge is -2.48. The van der Waals surface area contributed by atoms with Crippen LogP contribution in [-0.2, 0) is 9.68 Å². The van der Waals surface area contributed by atoms with E-state index in [1.165, 1.54) is 25.7 Å². The highest BCUT2D eigenvalue weighted by molar-refractivity contribution is 4.71. The van der Waals surface area contributed by atoms with Gasteiger partial charge in [-0.05, 0) is 38.5 Å². The van der Waals surface area contributed by atoms with E-state index in [9.17, 15) is 0 Å². The zero-order valence-corrected chi connectivity index (χ0v) is 8.52. The predicted octanol–water partition coefficient (Wildman–Crippen LogP) is 1.49. The smallest absolute Gasteiger partial charge is 0.154 e. The number of rotatable bonds is 0. The molecule has 3 fully saturated rings. The number of hydrogen-bond donors (Lipinski definition) is 0. The molecule has 0 bridgehead atoms. The minimum atomic E-state index is 0.193. The molecule has 3 aliphatic heterocycles. The van der Waals surface area contributed by atoms with Crippen molar-refractivity contribution in [3.8, 4) is 0 Å². The molecule has 3 saturated heterocycles. The first-order chi connectivity index (χ1) is 6.93. The SMILES string of the molecule is C1CCN2O[C@@H]3CCCCN3O[C@@H]2C1. The van der Waals surface area contributed by atoms with Crippen molar-refractivity contribution in [2.75, 3.05) is 13.1 Å². The Morgan fingerprint density at radius 2 is 1.21 bits per heavy atom. The molecule has 4 nitrogen and oxygen atoms in total. The molecule has 3 heterocycles. The fraction of sp³-hybridized carbons (Fsp3) is 1.00. The summed E-state index contributed by atoms with van der Waals surface area (Å²) < 4.78 is 0. The lowest BCUT2D eigenvalue weighted by atomic mass is 10.1. The third-order valence-corrected chi connectivity index (χ3v) is 3.32. The van der Waals surface area contributed by atoms with Crippen LogP contribution < -0.4 is 0 Å². The van der Waals surface area contributed by atoms with Crippen molar-refractivity contribution < 1.29 is 9.68 Å². The summed E-state index contributed by atoms with van der Waals surface area (Å²) in [6, 6.07) is 0. The highest BCUT2D eigenvalue weighted by Gasteiger charge is 2.38. The Morgan fingerprint density at radius 1 is 0.714 bits per heavy atom. The summed E-state index contributed by atoms with van der Waals surface area (Å²) in [4.78, 5) is 11.9. The van der Waals surface area contributed by atoms with Gasteiger partial charge in [0.15, 0.2) is 12.5 Å². The summed E-state index contributed by atoms with van der Waals surface area (Å²) in [5.41, 5.74) is 0. The molecule has 0 amide bonds. The summed E-state index contributed by atoms with van der Waals surface area (Å²) in [5, 5.41) is 4.10. The molecule has 2 atom stereocenters. The molecule has 0 radical (unpaired) electrons. The van der Waals surface area contributed by atoms with E-state index in [4.69, 9.17) is 9.68 Å². The first-order valence-corrected chi connectivity index (χ1v) is 5.80. The number of nitrogens with zero attached hydrogens (tertiary/aromatic N) is 2. The Labute approximate surface area is 84.7 Å². The van der Waals surface area contributed by atoms with E-state index < -0.39 is 0 Å². The zero-order valence-electron chi connectivity index (χ0n) is 8.52. The van der Waals surface area contributed by atoms with E-state index in [1.54, 1.807) is 0 Å². The third kappa shape index (κ3) is 1.56. The molecule has 0 aliphatic carbocycles. The molecule has 0 N–H and O–H groups in total. The maximum Gasteiger partial charge on any atom is 0.154 e. The number of hydroxylamine groups is 4. The topological polar surface area (TPSA) is 24.9 Å². The van der Waals surface area contributed by atoms with Crippen molar-refractivity contribution in [1.29, 1.82) is 0 Å². The minimum Gasteiger partial charge on any atom is -0.275 e. The van der Waals surface area contributed by atoms with Crippen molar-refractivity contribution in [3.63, 3.8) is 0 Å². The van der Waals surface area contributed by atoms with Crippen molar-refractivity contribution in [1.82, 2.24) is 10.1 Å². The monoisotopic (exact) mass is 198 g/mol. The fourth-order valence-electron chi connectivity index (χ4n) is 2.51. The lowest BCUT2D eigenvalue weighted by Crippen LogP contribution is -2.57. The van der Waals surface area contributed by atoms with Gasteiger partial charge < -0.3 is 0 Å². The summed E-state index contributed by atoms with van der Waals surface area (Å²) >= 11 is 0. The van der Waals surface area contributed by atoms with Gasteiger partial charge >= 0.3 is 0 Å². The van der Waals surface area contributed by atoms with Gasteiger partial charge in [0.25, 0.3) is 0 Å². The molecular weight excluding hydrogens is 180 g/mol. The van der Waals surface area contributed by atoms with E-state index in [0.717, 1.165) is 25.9 Å². The van der Waals surface area contributed by atoms with Crippen LogP contribution in [-0.4, -0.2) is 35.7 Å². The van der Waals surface area contributed by atoms with E-state index in [1.807, 2.05) is 0 Å². The van der Waals surface area contributed by atoms with Crippen molar-refractivity contribution >= 4 is 0 Å². The number of hydrogen-bond acceptors (Lipinski definition) is 4. The van der Waals surface area contributed by atoms with Crippen LogP contribution in [0.1, 0.15) is 38.5 Å². The number of piperidine rings is 2. The van der Waals surface area contributed by atoms with E-state index in [0.29, 0.717) is 0 Å². The quantitative estimate of drug-likeness (QED) is 0.588. The molecule has 4 heteroatoms. The highest BCUT2D eigenvalue weighted by atomic mass is 16.8. The van der Waals surface area contributed by atoms with Crippen LogP contribution in [0.15, 0.2) is 0 Å². The summed E-state index contributed by atoms with van der Waals surface area (Å²) in [7, 11) is 0. The molecule has 0 unspecified atom stereocenters. The van der Waals surface area contributed by atoms with Crippen LogP contribution in [0, 0.1) is 0 Å². The van der Waals surface area contributed by atoms with Gasteiger partial charge in [0, 0.05) is 13.1 Å². The second-order valence-corrected chi connectivity index (χ2v) is 4.39. The predicted molar refractivity (Wildman–Crippen MR) is 50.9 cm³/mol. The van der Waals surface area contributed by atoms with Crippen LogP contribution in [0.5, 0.6) is 0 Å². The largest absolute Gasteiger partial charge is 0.275 e. The first-order valence-electron chi connectivity index (χ1n) is 5.80. The maximum absolute atomic E-state index is 5.93. The molecule has 80 valence electrons. The molecule has 0 aromatic rings. The Bertz CT molecular complexity index is 170. The van der Waals surface area contributed by atoms with Crippen molar-refractivity contribution in [2.45, 2.75) is 51.0 Å². The molecule has 3 rings (SSSR count). The number of fused-ring (bicyclic) bond motifs is 2. The fourth-order valence-corrected chi connectivity index (χ4v) is 2.51. The van der Waals surface area contributed by atoms with Gasteiger partial charge in [0.1, 0.15) is 0 Å². The van der Waals surface area contributed by atoms with E-state index in [2.05, 4.69) is 10.1 Å². The highest BCUT2D eigenvalue weighted by Crippen LogP contribution is 2.30. The van der Waals surface area contributed by atoms with Gasteiger partial charge in [0.2, 0.25) is 0 Å². The maximum atomic E-state index is 5.93. The standard InChI is InChI=1S/C10H18N2O2/c1-3-7-11-9(5-1)13-12-8-4-2-6-10(12)14-11/h9-10H,1-8H2/t9-,10-/m1/s1. The van der Waals surface area contributed by atoms with Crippen molar-refractivity contribution in [3.05, 3.63) is 0 Å². The van der Waals surface area contributed by atoms with E-state index in [-0.39, 0.29) is 12.5 Å². The van der Waals surface area contributed by atoms with Crippen LogP contribution >= 0.6 is 0 Å². The van der Waals surface area contributed by atoms with Crippen LogP contribution in [0.2, 0.25) is 0 Å². The second-order valence-electron chi connectivity index (χ2n) is 4.39. The molecule has 3 aliphatic rings. The Hall–Kier alpha value is -0.160. The van der Waals surface area contributed by atoms with Crippen LogP contribution in [0.3, 0.4) is 0 Å². The van der Waals surface area contributed by atoms with E-state index >= 15 is 0 Å². The molecule has 0 spiro atoms. The summed E-state index contributed by atoms with van der Waals surface area (Å²) in [5.74, 6) is 0. The second kappa shape index (κ2) is 3.77. The summed E-state index contributed by atoms with van der Waals surface area (Å²) in [6.45, 7) is 2.07. The van der Waals surface area contributed by atoms with Crippen molar-refractivity contribution in [2.24, 2.45) is 0 Å². The third-order valence-electron chi connectivity index (χ3n) is 3.32.